The molecule has 0 aliphatic heterocycles. The molecule has 0 saturated heterocycles. The SMILES string of the molecule is COC(=O)[C@@](N)(Cc1ccccc1I)c1ccc(OC)c(I)c1. The molecule has 0 unspecified atom stereocenters. The maximum atomic E-state index is 12.4. The third-order valence-corrected chi connectivity index (χ3v) is 5.54. The Morgan fingerprint density at radius 1 is 1.13 bits per heavy atom. The molecule has 122 valence electrons. The molecule has 0 heterocycles. The van der Waals surface area contributed by atoms with Crippen molar-refractivity contribution in [1.82, 2.24) is 0 Å². The lowest BCUT2D eigenvalue weighted by atomic mass is 9.84. The number of hydrogen-bond acceptors (Lipinski definition) is 4. The van der Waals surface area contributed by atoms with Crippen LogP contribution in [0.2, 0.25) is 0 Å². The topological polar surface area (TPSA) is 61.5 Å². The van der Waals surface area contributed by atoms with Gasteiger partial charge in [-0.1, -0.05) is 24.3 Å². The van der Waals surface area contributed by atoms with Gasteiger partial charge in [0.15, 0.2) is 0 Å². The van der Waals surface area contributed by atoms with E-state index in [1.54, 1.807) is 7.11 Å². The van der Waals surface area contributed by atoms with Crippen LogP contribution in [0.5, 0.6) is 5.75 Å². The number of halogens is 2. The Balaban J connectivity index is 2.49. The maximum Gasteiger partial charge on any atom is 0.330 e. The number of esters is 1. The Morgan fingerprint density at radius 3 is 2.39 bits per heavy atom. The average Bonchev–Trinajstić information content (AvgIpc) is 2.56. The molecule has 1 atom stereocenters. The summed E-state index contributed by atoms with van der Waals surface area (Å²) in [6.45, 7) is 0. The maximum absolute atomic E-state index is 12.4. The minimum Gasteiger partial charge on any atom is -0.496 e. The van der Waals surface area contributed by atoms with E-state index in [-0.39, 0.29) is 0 Å². The Kier molecular flexibility index (Phi) is 6.26. The van der Waals surface area contributed by atoms with Crippen molar-refractivity contribution in [2.24, 2.45) is 5.73 Å². The first-order chi connectivity index (χ1) is 10.9. The Hall–Kier alpha value is -0.870. The zero-order valence-corrected chi connectivity index (χ0v) is 17.1. The lowest BCUT2D eigenvalue weighted by molar-refractivity contribution is -0.147. The fourth-order valence-corrected chi connectivity index (χ4v) is 3.67. The van der Waals surface area contributed by atoms with E-state index in [0.29, 0.717) is 12.0 Å². The second-order valence-electron chi connectivity index (χ2n) is 5.08. The molecule has 23 heavy (non-hydrogen) atoms. The molecule has 0 aliphatic rings. The fraction of sp³-hybridized carbons (Fsp3) is 0.235. The van der Waals surface area contributed by atoms with Crippen molar-refractivity contribution >= 4 is 51.2 Å². The third-order valence-electron chi connectivity index (χ3n) is 3.64. The highest BCUT2D eigenvalue weighted by molar-refractivity contribution is 14.1. The third kappa shape index (κ3) is 3.97. The van der Waals surface area contributed by atoms with Crippen LogP contribution < -0.4 is 10.5 Å². The molecule has 4 nitrogen and oxygen atoms in total. The molecule has 0 radical (unpaired) electrons. The predicted molar refractivity (Wildman–Crippen MR) is 106 cm³/mol. The van der Waals surface area contributed by atoms with Gasteiger partial charge >= 0.3 is 5.97 Å². The minimum absolute atomic E-state index is 0.362. The number of carbonyl (C=O) groups excluding carboxylic acids is 1. The first kappa shape index (κ1) is 18.5. The summed E-state index contributed by atoms with van der Waals surface area (Å²) in [5.41, 5.74) is 6.97. The number of benzene rings is 2. The second-order valence-corrected chi connectivity index (χ2v) is 7.40. The molecular weight excluding hydrogens is 520 g/mol. The largest absolute Gasteiger partial charge is 0.496 e. The smallest absolute Gasteiger partial charge is 0.330 e. The molecule has 0 aromatic heterocycles. The molecule has 0 fully saturated rings. The highest BCUT2D eigenvalue weighted by atomic mass is 127. The van der Waals surface area contributed by atoms with Crippen molar-refractivity contribution in [2.75, 3.05) is 14.2 Å². The number of rotatable bonds is 5. The van der Waals surface area contributed by atoms with Crippen molar-refractivity contribution < 1.29 is 14.3 Å². The number of ether oxygens (including phenoxy) is 2. The zero-order valence-electron chi connectivity index (χ0n) is 12.8. The highest BCUT2D eigenvalue weighted by Crippen LogP contribution is 2.31. The summed E-state index contributed by atoms with van der Waals surface area (Å²) in [6, 6.07) is 13.4. The van der Waals surface area contributed by atoms with Crippen LogP contribution in [0.3, 0.4) is 0 Å². The van der Waals surface area contributed by atoms with Crippen molar-refractivity contribution in [3.05, 3.63) is 60.7 Å². The Morgan fingerprint density at radius 2 is 1.83 bits per heavy atom. The van der Waals surface area contributed by atoms with E-state index in [4.69, 9.17) is 15.2 Å². The van der Waals surface area contributed by atoms with E-state index in [2.05, 4.69) is 45.2 Å². The molecule has 0 aliphatic carbocycles. The summed E-state index contributed by atoms with van der Waals surface area (Å²) >= 11 is 4.41. The summed E-state index contributed by atoms with van der Waals surface area (Å²) in [7, 11) is 2.97. The van der Waals surface area contributed by atoms with Crippen LogP contribution in [0.25, 0.3) is 0 Å². The first-order valence-electron chi connectivity index (χ1n) is 6.87. The molecule has 2 aromatic rings. The molecule has 0 bridgehead atoms. The van der Waals surface area contributed by atoms with Crippen molar-refractivity contribution in [1.29, 1.82) is 0 Å². The monoisotopic (exact) mass is 537 g/mol. The van der Waals surface area contributed by atoms with E-state index in [1.165, 1.54) is 7.11 Å². The van der Waals surface area contributed by atoms with Gasteiger partial charge in [-0.15, -0.1) is 0 Å². The Labute approximate surface area is 163 Å². The molecule has 2 aromatic carbocycles. The number of carbonyl (C=O) groups is 1. The highest BCUT2D eigenvalue weighted by Gasteiger charge is 2.38. The van der Waals surface area contributed by atoms with Gasteiger partial charge in [-0.2, -0.15) is 0 Å². The van der Waals surface area contributed by atoms with Gasteiger partial charge < -0.3 is 15.2 Å². The first-order valence-corrected chi connectivity index (χ1v) is 9.03. The molecule has 6 heteroatoms. The average molecular weight is 537 g/mol. The predicted octanol–water partition coefficient (Wildman–Crippen LogP) is 3.47. The van der Waals surface area contributed by atoms with E-state index in [0.717, 1.165) is 18.5 Å². The van der Waals surface area contributed by atoms with Gasteiger partial charge in [0.2, 0.25) is 0 Å². The van der Waals surface area contributed by atoms with Crippen LogP contribution in [0.1, 0.15) is 11.1 Å². The summed E-state index contributed by atoms with van der Waals surface area (Å²) < 4.78 is 12.2. The van der Waals surface area contributed by atoms with E-state index in [1.807, 2.05) is 42.5 Å². The van der Waals surface area contributed by atoms with Gasteiger partial charge in [0.1, 0.15) is 11.3 Å². The zero-order chi connectivity index (χ0) is 17.0. The van der Waals surface area contributed by atoms with Crippen molar-refractivity contribution in [2.45, 2.75) is 12.0 Å². The van der Waals surface area contributed by atoms with Gasteiger partial charge in [0.25, 0.3) is 0 Å². The van der Waals surface area contributed by atoms with Crippen LogP contribution in [0.4, 0.5) is 0 Å². The molecular formula is C17H17I2NO3. The van der Waals surface area contributed by atoms with Crippen LogP contribution in [-0.2, 0) is 21.5 Å². The summed E-state index contributed by atoms with van der Waals surface area (Å²) in [5, 5.41) is 0. The fourth-order valence-electron chi connectivity index (χ4n) is 2.36. The van der Waals surface area contributed by atoms with Crippen molar-refractivity contribution in [3.8, 4) is 5.75 Å². The van der Waals surface area contributed by atoms with Crippen LogP contribution in [-0.4, -0.2) is 20.2 Å². The summed E-state index contributed by atoms with van der Waals surface area (Å²) in [4.78, 5) is 12.4. The standard InChI is InChI=1S/C17H17I2NO3/c1-22-15-8-7-12(9-14(15)19)17(20,16(21)23-2)10-11-5-3-4-6-13(11)18/h3-9H,10,20H2,1-2H3/t17-/m1/s1. The Bertz CT molecular complexity index is 721. The molecule has 2 N–H and O–H groups in total. The van der Waals surface area contributed by atoms with E-state index >= 15 is 0 Å². The van der Waals surface area contributed by atoms with Crippen LogP contribution in [0.15, 0.2) is 42.5 Å². The van der Waals surface area contributed by atoms with Crippen LogP contribution >= 0.6 is 45.2 Å². The second kappa shape index (κ2) is 7.80. The van der Waals surface area contributed by atoms with Gasteiger partial charge in [-0.3, -0.25) is 0 Å². The van der Waals surface area contributed by atoms with Crippen LogP contribution in [0, 0.1) is 7.14 Å². The van der Waals surface area contributed by atoms with E-state index < -0.39 is 11.5 Å². The van der Waals surface area contributed by atoms with Crippen molar-refractivity contribution in [3.63, 3.8) is 0 Å². The van der Waals surface area contributed by atoms with Gasteiger partial charge in [0, 0.05) is 9.99 Å². The quantitative estimate of drug-likeness (QED) is 0.469. The van der Waals surface area contributed by atoms with Gasteiger partial charge in [-0.05, 0) is 74.5 Å². The number of hydrogen-bond donors (Lipinski definition) is 1. The molecule has 0 saturated carbocycles. The summed E-state index contributed by atoms with van der Waals surface area (Å²) in [5.74, 6) is 0.286. The summed E-state index contributed by atoms with van der Waals surface area (Å²) in [6.07, 6.45) is 0.362. The molecule has 0 spiro atoms. The lowest BCUT2D eigenvalue weighted by Gasteiger charge is -2.28. The number of methoxy groups -OCH3 is 2. The normalized spacial score (nSPS) is 13.3. The lowest BCUT2D eigenvalue weighted by Crippen LogP contribution is -2.48. The molecule has 0 amide bonds. The number of nitrogens with two attached hydrogens (primary N) is 1. The minimum atomic E-state index is -1.25. The molecule has 2 rings (SSSR count). The van der Waals surface area contributed by atoms with E-state index in [9.17, 15) is 4.79 Å². The van der Waals surface area contributed by atoms with Gasteiger partial charge in [-0.25, -0.2) is 4.79 Å². The van der Waals surface area contributed by atoms with Gasteiger partial charge in [0.05, 0.1) is 17.8 Å².